The van der Waals surface area contributed by atoms with E-state index in [-0.39, 0.29) is 0 Å². The summed E-state index contributed by atoms with van der Waals surface area (Å²) in [5, 5.41) is 7.79. The lowest BCUT2D eigenvalue weighted by Crippen LogP contribution is -2.46. The molecule has 0 radical (unpaired) electrons. The van der Waals surface area contributed by atoms with Crippen LogP contribution in [0.1, 0.15) is 22.7 Å². The predicted molar refractivity (Wildman–Crippen MR) is 150 cm³/mol. The van der Waals surface area contributed by atoms with E-state index in [0.717, 1.165) is 55.5 Å². The third kappa shape index (κ3) is 6.06. The lowest BCUT2D eigenvalue weighted by molar-refractivity contribution is 0.0970. The Balaban J connectivity index is 1.27. The molecule has 1 saturated heterocycles. The highest BCUT2D eigenvalue weighted by Crippen LogP contribution is 2.43. The summed E-state index contributed by atoms with van der Waals surface area (Å²) < 4.78 is 6.00. The van der Waals surface area contributed by atoms with Gasteiger partial charge in [0.15, 0.2) is 0 Å². The summed E-state index contributed by atoms with van der Waals surface area (Å²) in [7, 11) is 4.10. The van der Waals surface area contributed by atoms with E-state index in [4.69, 9.17) is 21.4 Å². The molecule has 0 aromatic heterocycles. The molecule has 36 heavy (non-hydrogen) atoms. The van der Waals surface area contributed by atoms with Crippen molar-refractivity contribution in [3.8, 4) is 5.75 Å². The van der Waals surface area contributed by atoms with Gasteiger partial charge in [0.05, 0.1) is 6.21 Å². The van der Waals surface area contributed by atoms with E-state index in [2.05, 4.69) is 71.4 Å². The van der Waals surface area contributed by atoms with Crippen LogP contribution >= 0.6 is 23.4 Å². The molecule has 0 N–H and O–H groups in total. The average molecular weight is 521 g/mol. The Morgan fingerprint density at radius 1 is 1.00 bits per heavy atom. The van der Waals surface area contributed by atoms with Gasteiger partial charge in [0.25, 0.3) is 0 Å². The number of para-hydroxylation sites is 1. The molecule has 3 aromatic rings. The van der Waals surface area contributed by atoms with E-state index < -0.39 is 0 Å². The molecule has 0 aliphatic carbocycles. The van der Waals surface area contributed by atoms with Gasteiger partial charge < -0.3 is 9.64 Å². The second kappa shape index (κ2) is 11.7. The van der Waals surface area contributed by atoms with Gasteiger partial charge in [-0.3, -0.25) is 9.91 Å². The number of likely N-dealkylation sites (N-methyl/N-ethyl adjacent to an activating group) is 1. The fourth-order valence-corrected chi connectivity index (χ4v) is 6.04. The molecule has 0 amide bonds. The van der Waals surface area contributed by atoms with Crippen LogP contribution in [0, 0.1) is 0 Å². The number of hydrogen-bond acceptors (Lipinski definition) is 6. The monoisotopic (exact) mass is 520 g/mol. The molecule has 1 atom stereocenters. The minimum atomic E-state index is 0.312. The highest BCUT2D eigenvalue weighted by Gasteiger charge is 2.30. The first kappa shape index (κ1) is 25.2. The number of ether oxygens (including phenoxy) is 1. The first-order valence-corrected chi connectivity index (χ1v) is 13.7. The maximum Gasteiger partial charge on any atom is 0.128 e. The molecule has 2 aliphatic rings. The molecule has 0 saturated carbocycles. The molecule has 7 heteroatoms. The van der Waals surface area contributed by atoms with Crippen LogP contribution in [0.2, 0.25) is 5.02 Å². The number of benzene rings is 3. The molecule has 0 spiro atoms. The number of rotatable bonds is 7. The van der Waals surface area contributed by atoms with Crippen LogP contribution in [0.15, 0.2) is 81.6 Å². The van der Waals surface area contributed by atoms with Crippen LogP contribution in [0.3, 0.4) is 0 Å². The van der Waals surface area contributed by atoms with Crippen molar-refractivity contribution in [1.82, 2.24) is 14.8 Å². The second-order valence-electron chi connectivity index (χ2n) is 9.54. The van der Waals surface area contributed by atoms with Crippen LogP contribution in [-0.4, -0.2) is 74.4 Å². The second-order valence-corrected chi connectivity index (χ2v) is 11.1. The third-order valence-electron chi connectivity index (χ3n) is 6.74. The number of nitrogens with zero attached hydrogens (tertiary/aromatic N) is 4. The van der Waals surface area contributed by atoms with Gasteiger partial charge in [0.2, 0.25) is 0 Å². The molecule has 1 fully saturated rings. The lowest BCUT2D eigenvalue weighted by Gasteiger charge is -2.38. The molecule has 5 nitrogen and oxygen atoms in total. The zero-order valence-corrected chi connectivity index (χ0v) is 22.5. The molecular formula is C29H33ClN4OS. The Morgan fingerprint density at radius 2 is 1.78 bits per heavy atom. The highest BCUT2D eigenvalue weighted by molar-refractivity contribution is 7.99. The number of hydrazone groups is 1. The van der Waals surface area contributed by atoms with Gasteiger partial charge in [-0.15, -0.1) is 0 Å². The first-order chi connectivity index (χ1) is 17.6. The highest BCUT2D eigenvalue weighted by atomic mass is 35.5. The van der Waals surface area contributed by atoms with Crippen molar-refractivity contribution in [2.75, 3.05) is 53.4 Å². The largest absolute Gasteiger partial charge is 0.492 e. The zero-order chi connectivity index (χ0) is 24.9. The van der Waals surface area contributed by atoms with Crippen LogP contribution < -0.4 is 4.74 Å². The van der Waals surface area contributed by atoms with Crippen molar-refractivity contribution in [3.63, 3.8) is 0 Å². The maximum atomic E-state index is 6.46. The first-order valence-electron chi connectivity index (χ1n) is 12.5. The van der Waals surface area contributed by atoms with Gasteiger partial charge in [0.1, 0.15) is 12.4 Å². The summed E-state index contributed by atoms with van der Waals surface area (Å²) in [6.07, 6.45) is 2.94. The summed E-state index contributed by atoms with van der Waals surface area (Å²) in [6, 6.07) is 23.5. The summed E-state index contributed by atoms with van der Waals surface area (Å²) >= 11 is 8.32. The standard InChI is InChI=1S/C29H33ClN4OS/c1-32(2)17-18-35-27-9-5-3-8-23(27)21-31-34-15-13-33(14-16-34)26-19-22-7-4-6-10-28(22)36-29-12-11-24(30)20-25(26)29/h3-12,20-21,26H,13-19H2,1-2H3/t26-/m0/s1. The predicted octanol–water partition coefficient (Wildman–Crippen LogP) is 5.68. The molecule has 188 valence electrons. The van der Waals surface area contributed by atoms with E-state index in [1.165, 1.54) is 20.9 Å². The lowest BCUT2D eigenvalue weighted by atomic mass is 9.97. The van der Waals surface area contributed by atoms with Crippen molar-refractivity contribution in [2.45, 2.75) is 22.3 Å². The Hall–Kier alpha value is -2.51. The number of halogens is 1. The minimum absolute atomic E-state index is 0.312. The summed E-state index contributed by atoms with van der Waals surface area (Å²) in [5.41, 5.74) is 3.76. The quantitative estimate of drug-likeness (QED) is 0.374. The average Bonchev–Trinajstić information content (AvgIpc) is 3.05. The molecule has 2 heterocycles. The van der Waals surface area contributed by atoms with E-state index in [1.54, 1.807) is 0 Å². The smallest absolute Gasteiger partial charge is 0.128 e. The SMILES string of the molecule is CN(C)CCOc1ccccc1C=NN1CCN([C@H]2Cc3ccccc3Sc3ccc(Cl)cc32)CC1. The third-order valence-corrected chi connectivity index (χ3v) is 8.19. The zero-order valence-electron chi connectivity index (χ0n) is 20.9. The Bertz CT molecular complexity index is 1210. The Morgan fingerprint density at radius 3 is 2.61 bits per heavy atom. The molecule has 2 aliphatic heterocycles. The van der Waals surface area contributed by atoms with Gasteiger partial charge in [-0.2, -0.15) is 5.10 Å². The van der Waals surface area contributed by atoms with Gasteiger partial charge in [0, 0.05) is 59.1 Å². The van der Waals surface area contributed by atoms with Crippen molar-refractivity contribution >= 4 is 29.6 Å². The van der Waals surface area contributed by atoms with Crippen molar-refractivity contribution in [3.05, 3.63) is 88.4 Å². The summed E-state index contributed by atoms with van der Waals surface area (Å²) in [6.45, 7) is 5.24. The van der Waals surface area contributed by atoms with E-state index in [0.29, 0.717) is 12.6 Å². The molecule has 0 bridgehead atoms. The number of piperazine rings is 1. The van der Waals surface area contributed by atoms with Crippen molar-refractivity contribution < 1.29 is 4.74 Å². The van der Waals surface area contributed by atoms with E-state index in [1.807, 2.05) is 42.2 Å². The van der Waals surface area contributed by atoms with E-state index >= 15 is 0 Å². The summed E-state index contributed by atoms with van der Waals surface area (Å²) in [4.78, 5) is 7.37. The summed E-state index contributed by atoms with van der Waals surface area (Å²) in [5.74, 6) is 0.879. The Kier molecular flexibility index (Phi) is 8.17. The van der Waals surface area contributed by atoms with Gasteiger partial charge in [-0.1, -0.05) is 53.7 Å². The molecule has 5 rings (SSSR count). The van der Waals surface area contributed by atoms with Gasteiger partial charge in [-0.05, 0) is 68.0 Å². The fraction of sp³-hybridized carbons (Fsp3) is 0.345. The molecular weight excluding hydrogens is 488 g/mol. The molecule has 0 unspecified atom stereocenters. The number of hydrogen-bond donors (Lipinski definition) is 0. The Labute approximate surface area is 223 Å². The van der Waals surface area contributed by atoms with Crippen LogP contribution in [0.5, 0.6) is 5.75 Å². The fourth-order valence-electron chi connectivity index (χ4n) is 4.75. The van der Waals surface area contributed by atoms with E-state index in [9.17, 15) is 0 Å². The normalized spacial score (nSPS) is 18.2. The van der Waals surface area contributed by atoms with Gasteiger partial charge in [-0.25, -0.2) is 0 Å². The van der Waals surface area contributed by atoms with Crippen molar-refractivity contribution in [2.24, 2.45) is 5.10 Å². The topological polar surface area (TPSA) is 31.3 Å². The molecule has 3 aromatic carbocycles. The van der Waals surface area contributed by atoms with Crippen LogP contribution in [0.4, 0.5) is 0 Å². The van der Waals surface area contributed by atoms with Gasteiger partial charge >= 0.3 is 0 Å². The number of fused-ring (bicyclic) bond motifs is 2. The minimum Gasteiger partial charge on any atom is -0.492 e. The van der Waals surface area contributed by atoms with Crippen molar-refractivity contribution in [1.29, 1.82) is 0 Å². The maximum absolute atomic E-state index is 6.46. The van der Waals surface area contributed by atoms with Crippen LogP contribution in [-0.2, 0) is 6.42 Å². The van der Waals surface area contributed by atoms with Crippen LogP contribution in [0.25, 0.3) is 0 Å².